The second-order valence-corrected chi connectivity index (χ2v) is 6.87. The fourth-order valence-corrected chi connectivity index (χ4v) is 3.53. The summed E-state index contributed by atoms with van der Waals surface area (Å²) >= 11 is 0. The first-order valence-electron chi connectivity index (χ1n) is 9.34. The lowest BCUT2D eigenvalue weighted by Gasteiger charge is -2.29. The number of methoxy groups -OCH3 is 1. The first kappa shape index (κ1) is 18.1. The van der Waals surface area contributed by atoms with E-state index in [0.29, 0.717) is 17.5 Å². The number of hydrogen-bond donors (Lipinski definition) is 1. The van der Waals surface area contributed by atoms with Gasteiger partial charge in [-0.15, -0.1) is 0 Å². The van der Waals surface area contributed by atoms with Crippen molar-refractivity contribution < 1.29 is 9.53 Å². The molecule has 3 heterocycles. The lowest BCUT2D eigenvalue weighted by molar-refractivity contribution is 0.0921. The Balaban J connectivity index is 1.33. The first-order valence-corrected chi connectivity index (χ1v) is 9.34. The van der Waals surface area contributed by atoms with Crippen LogP contribution in [0.2, 0.25) is 0 Å². The van der Waals surface area contributed by atoms with E-state index in [2.05, 4.69) is 25.4 Å². The SMILES string of the molecule is COc1cc(C(=O)NC2CCC(n3cc(-c4cnccn4)cn3)CC2)ccn1. The van der Waals surface area contributed by atoms with E-state index in [9.17, 15) is 4.79 Å². The Morgan fingerprint density at radius 2 is 2.00 bits per heavy atom. The summed E-state index contributed by atoms with van der Waals surface area (Å²) in [6.07, 6.45) is 14.3. The smallest absolute Gasteiger partial charge is 0.251 e. The molecule has 0 aromatic carbocycles. The maximum Gasteiger partial charge on any atom is 0.251 e. The van der Waals surface area contributed by atoms with Gasteiger partial charge in [-0.3, -0.25) is 19.4 Å². The van der Waals surface area contributed by atoms with E-state index < -0.39 is 0 Å². The van der Waals surface area contributed by atoms with Gasteiger partial charge in [0.1, 0.15) is 0 Å². The van der Waals surface area contributed by atoms with Gasteiger partial charge in [0.2, 0.25) is 5.88 Å². The lowest BCUT2D eigenvalue weighted by Crippen LogP contribution is -2.38. The number of hydrogen-bond acceptors (Lipinski definition) is 6. The minimum Gasteiger partial charge on any atom is -0.481 e. The molecule has 28 heavy (non-hydrogen) atoms. The van der Waals surface area contributed by atoms with Crippen molar-refractivity contribution in [1.29, 1.82) is 0 Å². The topological polar surface area (TPSA) is 94.8 Å². The monoisotopic (exact) mass is 378 g/mol. The average molecular weight is 378 g/mol. The molecule has 0 bridgehead atoms. The molecule has 1 aliphatic rings. The quantitative estimate of drug-likeness (QED) is 0.733. The number of aromatic nitrogens is 5. The molecule has 0 atom stereocenters. The highest BCUT2D eigenvalue weighted by Crippen LogP contribution is 2.29. The Labute approximate surface area is 163 Å². The van der Waals surface area contributed by atoms with Crippen LogP contribution in [0.4, 0.5) is 0 Å². The number of carbonyl (C=O) groups excluding carboxylic acids is 1. The van der Waals surface area contributed by atoms with Crippen LogP contribution < -0.4 is 10.1 Å². The number of nitrogens with one attached hydrogen (secondary N) is 1. The standard InChI is InChI=1S/C20H22N6O2/c1-28-19-10-14(6-7-23-19)20(27)25-16-2-4-17(5-3-16)26-13-15(11-24-26)18-12-21-8-9-22-18/h6-13,16-17H,2-5H2,1H3,(H,25,27). The summed E-state index contributed by atoms with van der Waals surface area (Å²) in [5.41, 5.74) is 2.35. The summed E-state index contributed by atoms with van der Waals surface area (Å²) in [6.45, 7) is 0. The van der Waals surface area contributed by atoms with Gasteiger partial charge < -0.3 is 10.1 Å². The third kappa shape index (κ3) is 4.00. The maximum absolute atomic E-state index is 12.5. The molecule has 0 spiro atoms. The third-order valence-electron chi connectivity index (χ3n) is 5.07. The maximum atomic E-state index is 12.5. The van der Waals surface area contributed by atoms with Crippen molar-refractivity contribution in [3.05, 3.63) is 54.9 Å². The Hall–Kier alpha value is -3.29. The molecule has 1 N–H and O–H groups in total. The van der Waals surface area contributed by atoms with Gasteiger partial charge in [-0.25, -0.2) is 4.98 Å². The van der Waals surface area contributed by atoms with Crippen LogP contribution >= 0.6 is 0 Å². The fourth-order valence-electron chi connectivity index (χ4n) is 3.53. The molecule has 0 aliphatic heterocycles. The van der Waals surface area contributed by atoms with Crippen molar-refractivity contribution >= 4 is 5.91 Å². The molecule has 8 nitrogen and oxygen atoms in total. The van der Waals surface area contributed by atoms with Gasteiger partial charge in [0.05, 0.1) is 31.2 Å². The van der Waals surface area contributed by atoms with Gasteiger partial charge in [0.25, 0.3) is 5.91 Å². The second kappa shape index (κ2) is 8.16. The van der Waals surface area contributed by atoms with Crippen LogP contribution in [0.1, 0.15) is 42.1 Å². The van der Waals surface area contributed by atoms with Gasteiger partial charge >= 0.3 is 0 Å². The van der Waals surface area contributed by atoms with E-state index in [-0.39, 0.29) is 11.9 Å². The molecule has 1 aliphatic carbocycles. The summed E-state index contributed by atoms with van der Waals surface area (Å²) < 4.78 is 7.09. The van der Waals surface area contributed by atoms with Crippen LogP contribution in [0.25, 0.3) is 11.3 Å². The van der Waals surface area contributed by atoms with E-state index in [0.717, 1.165) is 36.9 Å². The van der Waals surface area contributed by atoms with E-state index in [1.54, 1.807) is 36.9 Å². The normalized spacial score (nSPS) is 19.2. The fraction of sp³-hybridized carbons (Fsp3) is 0.350. The van der Waals surface area contributed by atoms with Crippen LogP contribution in [0.5, 0.6) is 5.88 Å². The second-order valence-electron chi connectivity index (χ2n) is 6.87. The van der Waals surface area contributed by atoms with Crippen LogP contribution in [-0.2, 0) is 0 Å². The van der Waals surface area contributed by atoms with E-state index in [1.807, 2.05) is 17.1 Å². The highest BCUT2D eigenvalue weighted by atomic mass is 16.5. The molecule has 3 aromatic heterocycles. The first-order chi connectivity index (χ1) is 13.7. The van der Waals surface area contributed by atoms with Crippen molar-refractivity contribution in [3.8, 4) is 17.1 Å². The highest BCUT2D eigenvalue weighted by Gasteiger charge is 2.24. The average Bonchev–Trinajstić information content (AvgIpc) is 3.25. The Kier molecular flexibility index (Phi) is 5.27. The largest absolute Gasteiger partial charge is 0.481 e. The number of ether oxygens (including phenoxy) is 1. The van der Waals surface area contributed by atoms with Crippen molar-refractivity contribution in [3.63, 3.8) is 0 Å². The van der Waals surface area contributed by atoms with E-state index in [1.165, 1.54) is 7.11 Å². The van der Waals surface area contributed by atoms with Crippen molar-refractivity contribution in [2.75, 3.05) is 7.11 Å². The summed E-state index contributed by atoms with van der Waals surface area (Å²) in [5.74, 6) is 0.349. The molecule has 1 saturated carbocycles. The van der Waals surface area contributed by atoms with E-state index >= 15 is 0 Å². The molecule has 1 fully saturated rings. The predicted molar refractivity (Wildman–Crippen MR) is 103 cm³/mol. The lowest BCUT2D eigenvalue weighted by atomic mass is 9.91. The van der Waals surface area contributed by atoms with Crippen LogP contribution in [0, 0.1) is 0 Å². The van der Waals surface area contributed by atoms with Crippen molar-refractivity contribution in [2.24, 2.45) is 0 Å². The Morgan fingerprint density at radius 3 is 2.75 bits per heavy atom. The van der Waals surface area contributed by atoms with Gasteiger partial charge in [0.15, 0.2) is 0 Å². The van der Waals surface area contributed by atoms with Gasteiger partial charge in [0, 0.05) is 48.0 Å². The number of rotatable bonds is 5. The Morgan fingerprint density at radius 1 is 1.14 bits per heavy atom. The van der Waals surface area contributed by atoms with Crippen molar-refractivity contribution in [2.45, 2.75) is 37.8 Å². The molecule has 0 saturated heterocycles. The van der Waals surface area contributed by atoms with Crippen molar-refractivity contribution in [1.82, 2.24) is 30.0 Å². The minimum absolute atomic E-state index is 0.0897. The zero-order chi connectivity index (χ0) is 19.3. The van der Waals surface area contributed by atoms with E-state index in [4.69, 9.17) is 4.74 Å². The zero-order valence-corrected chi connectivity index (χ0v) is 15.7. The predicted octanol–water partition coefficient (Wildman–Crippen LogP) is 2.66. The number of carbonyl (C=O) groups is 1. The molecule has 3 aromatic rings. The molecule has 1 amide bonds. The summed E-state index contributed by atoms with van der Waals surface area (Å²) in [7, 11) is 1.54. The molecule has 4 rings (SSSR count). The molecular formula is C20H22N6O2. The number of amides is 1. The molecule has 8 heteroatoms. The van der Waals surface area contributed by atoms with Crippen LogP contribution in [0.15, 0.2) is 49.3 Å². The highest BCUT2D eigenvalue weighted by molar-refractivity contribution is 5.94. The minimum atomic E-state index is -0.0897. The van der Waals surface area contributed by atoms with Crippen LogP contribution in [-0.4, -0.2) is 43.8 Å². The Bertz CT molecular complexity index is 935. The van der Waals surface area contributed by atoms with Gasteiger partial charge in [-0.1, -0.05) is 0 Å². The molecule has 144 valence electrons. The molecule has 0 unspecified atom stereocenters. The van der Waals surface area contributed by atoms with Gasteiger partial charge in [-0.05, 0) is 31.7 Å². The summed E-state index contributed by atoms with van der Waals surface area (Å²) in [5, 5.41) is 7.63. The van der Waals surface area contributed by atoms with Crippen LogP contribution in [0.3, 0.4) is 0 Å². The molecule has 0 radical (unpaired) electrons. The third-order valence-corrected chi connectivity index (χ3v) is 5.07. The zero-order valence-electron chi connectivity index (χ0n) is 15.7. The summed E-state index contributed by atoms with van der Waals surface area (Å²) in [4.78, 5) is 24.9. The molecular weight excluding hydrogens is 356 g/mol. The number of nitrogens with zero attached hydrogens (tertiary/aromatic N) is 5. The number of pyridine rings is 1. The summed E-state index contributed by atoms with van der Waals surface area (Å²) in [6, 6.07) is 3.84. The van der Waals surface area contributed by atoms with Gasteiger partial charge in [-0.2, -0.15) is 5.10 Å².